The number of carbonyl (C=O) groups excluding carboxylic acids is 2. The maximum atomic E-state index is 12.2. The molecule has 0 atom stereocenters. The van der Waals surface area contributed by atoms with E-state index >= 15 is 0 Å². The van der Waals surface area contributed by atoms with Gasteiger partial charge in [-0.05, 0) is 62.7 Å². The molecule has 0 fully saturated rings. The van der Waals surface area contributed by atoms with Gasteiger partial charge in [0.15, 0.2) is 0 Å². The predicted molar refractivity (Wildman–Crippen MR) is 97.1 cm³/mol. The average molecular weight is 352 g/mol. The van der Waals surface area contributed by atoms with Crippen molar-refractivity contribution < 1.29 is 14.3 Å². The van der Waals surface area contributed by atoms with E-state index in [-0.39, 0.29) is 11.8 Å². The summed E-state index contributed by atoms with van der Waals surface area (Å²) in [4.78, 5) is 28.6. The molecule has 26 heavy (non-hydrogen) atoms. The van der Waals surface area contributed by atoms with E-state index in [1.54, 1.807) is 34.9 Å². The second-order valence-corrected chi connectivity index (χ2v) is 6.19. The first-order chi connectivity index (χ1) is 12.4. The molecule has 0 aliphatic rings. The second-order valence-electron chi connectivity index (χ2n) is 6.19. The number of aromatic nitrogens is 2. The number of imidazole rings is 1. The lowest BCUT2D eigenvalue weighted by Crippen LogP contribution is -2.41. The second kappa shape index (κ2) is 7.26. The molecule has 134 valence electrons. The van der Waals surface area contributed by atoms with E-state index in [9.17, 15) is 9.59 Å². The van der Waals surface area contributed by atoms with Gasteiger partial charge in [0.2, 0.25) is 0 Å². The lowest BCUT2D eigenvalue weighted by molar-refractivity contribution is 0.0844. The Bertz CT molecular complexity index is 945. The fourth-order valence-corrected chi connectivity index (χ4v) is 2.40. The quantitative estimate of drug-likeness (QED) is 0.707. The number of carbonyl (C=O) groups is 2. The van der Waals surface area contributed by atoms with Gasteiger partial charge in [-0.1, -0.05) is 0 Å². The number of hydrazine groups is 1. The Hall–Kier alpha value is -3.35. The number of ether oxygens (including phenoxy) is 1. The Balaban J connectivity index is 1.61. The van der Waals surface area contributed by atoms with Gasteiger partial charge < -0.3 is 9.14 Å². The van der Waals surface area contributed by atoms with Crippen molar-refractivity contribution in [1.82, 2.24) is 20.2 Å². The van der Waals surface area contributed by atoms with E-state index in [2.05, 4.69) is 15.8 Å². The lowest BCUT2D eigenvalue weighted by atomic mass is 10.2. The Morgan fingerprint density at radius 3 is 2.46 bits per heavy atom. The number of amides is 2. The molecule has 2 aromatic heterocycles. The van der Waals surface area contributed by atoms with Gasteiger partial charge in [0, 0.05) is 18.0 Å². The first kappa shape index (κ1) is 17.5. The molecule has 1 aromatic carbocycles. The third-order valence-corrected chi connectivity index (χ3v) is 3.63. The van der Waals surface area contributed by atoms with Crippen molar-refractivity contribution in [2.45, 2.75) is 26.9 Å². The SMILES string of the molecule is Cc1ccn2cc(C(=O)NNC(=O)c3ccc(OC(C)C)cc3)nc2c1. The zero-order valence-corrected chi connectivity index (χ0v) is 14.8. The Kier molecular flexibility index (Phi) is 4.88. The molecule has 0 saturated carbocycles. The minimum atomic E-state index is -0.487. The third-order valence-electron chi connectivity index (χ3n) is 3.63. The molecular formula is C19H20N4O3. The number of rotatable bonds is 4. The van der Waals surface area contributed by atoms with Gasteiger partial charge in [-0.15, -0.1) is 0 Å². The van der Waals surface area contributed by atoms with Crippen molar-refractivity contribution in [2.75, 3.05) is 0 Å². The summed E-state index contributed by atoms with van der Waals surface area (Å²) in [6, 6.07) is 10.5. The van der Waals surface area contributed by atoms with Crippen LogP contribution in [0.3, 0.4) is 0 Å². The minimum Gasteiger partial charge on any atom is -0.491 e. The molecule has 0 radical (unpaired) electrons. The zero-order valence-electron chi connectivity index (χ0n) is 14.8. The van der Waals surface area contributed by atoms with Gasteiger partial charge in [0.25, 0.3) is 11.8 Å². The summed E-state index contributed by atoms with van der Waals surface area (Å²) in [5.74, 6) is -0.228. The van der Waals surface area contributed by atoms with Gasteiger partial charge >= 0.3 is 0 Å². The summed E-state index contributed by atoms with van der Waals surface area (Å²) in [5.41, 5.74) is 7.11. The number of fused-ring (bicyclic) bond motifs is 1. The van der Waals surface area contributed by atoms with Gasteiger partial charge in [0.1, 0.15) is 17.1 Å². The molecule has 0 bridgehead atoms. The van der Waals surface area contributed by atoms with E-state index in [0.717, 1.165) is 5.56 Å². The highest BCUT2D eigenvalue weighted by Gasteiger charge is 2.13. The van der Waals surface area contributed by atoms with Crippen molar-refractivity contribution in [2.24, 2.45) is 0 Å². The molecule has 0 aliphatic heterocycles. The molecule has 3 aromatic rings. The van der Waals surface area contributed by atoms with Crippen molar-refractivity contribution >= 4 is 17.5 Å². The molecule has 0 saturated heterocycles. The fraction of sp³-hybridized carbons (Fsp3) is 0.211. The van der Waals surface area contributed by atoms with Crippen LogP contribution in [0.4, 0.5) is 0 Å². The smallest absolute Gasteiger partial charge is 0.289 e. The van der Waals surface area contributed by atoms with Crippen LogP contribution in [-0.4, -0.2) is 27.3 Å². The van der Waals surface area contributed by atoms with Gasteiger partial charge in [0.05, 0.1) is 6.10 Å². The Labute approximate surface area is 151 Å². The standard InChI is InChI=1S/C19H20N4O3/c1-12(2)26-15-6-4-14(5-7-15)18(24)21-22-19(25)16-11-23-9-8-13(3)10-17(23)20-16/h4-12H,1-3H3,(H,21,24)(H,22,25). The van der Waals surface area contributed by atoms with Crippen LogP contribution in [0.5, 0.6) is 5.75 Å². The fourth-order valence-electron chi connectivity index (χ4n) is 2.40. The molecular weight excluding hydrogens is 332 g/mol. The van der Waals surface area contributed by atoms with Gasteiger partial charge in [-0.2, -0.15) is 0 Å². The lowest BCUT2D eigenvalue weighted by Gasteiger charge is -2.10. The van der Waals surface area contributed by atoms with E-state index < -0.39 is 11.8 Å². The summed E-state index contributed by atoms with van der Waals surface area (Å²) >= 11 is 0. The number of nitrogens with zero attached hydrogens (tertiary/aromatic N) is 2. The molecule has 2 heterocycles. The van der Waals surface area contributed by atoms with E-state index in [1.807, 2.05) is 39.1 Å². The number of hydrogen-bond donors (Lipinski definition) is 2. The Morgan fingerprint density at radius 1 is 1.08 bits per heavy atom. The van der Waals surface area contributed by atoms with Gasteiger partial charge in [-0.25, -0.2) is 4.98 Å². The van der Waals surface area contributed by atoms with Crippen LogP contribution in [0, 0.1) is 6.92 Å². The molecule has 0 aliphatic carbocycles. The number of hydrogen-bond acceptors (Lipinski definition) is 4. The van der Waals surface area contributed by atoms with Crippen LogP contribution in [0.25, 0.3) is 5.65 Å². The normalized spacial score (nSPS) is 10.8. The van der Waals surface area contributed by atoms with Crippen molar-refractivity contribution in [3.05, 3.63) is 65.6 Å². The maximum Gasteiger partial charge on any atom is 0.289 e. The summed E-state index contributed by atoms with van der Waals surface area (Å²) in [6.07, 6.45) is 3.49. The first-order valence-electron chi connectivity index (χ1n) is 8.25. The molecule has 7 nitrogen and oxygen atoms in total. The van der Waals surface area contributed by atoms with E-state index in [1.165, 1.54) is 0 Å². The average Bonchev–Trinajstić information content (AvgIpc) is 3.02. The predicted octanol–water partition coefficient (Wildman–Crippen LogP) is 2.50. The highest BCUT2D eigenvalue weighted by atomic mass is 16.5. The van der Waals surface area contributed by atoms with Crippen LogP contribution in [0.1, 0.15) is 40.3 Å². The molecule has 0 spiro atoms. The molecule has 7 heteroatoms. The maximum absolute atomic E-state index is 12.2. The summed E-state index contributed by atoms with van der Waals surface area (Å²) in [7, 11) is 0. The molecule has 2 N–H and O–H groups in total. The summed E-state index contributed by atoms with van der Waals surface area (Å²) in [6.45, 7) is 5.81. The minimum absolute atomic E-state index is 0.0585. The van der Waals surface area contributed by atoms with Crippen LogP contribution in [0.15, 0.2) is 48.8 Å². The zero-order chi connectivity index (χ0) is 18.7. The summed E-state index contributed by atoms with van der Waals surface area (Å²) in [5, 5.41) is 0. The van der Waals surface area contributed by atoms with Crippen molar-refractivity contribution in [1.29, 1.82) is 0 Å². The van der Waals surface area contributed by atoms with Crippen LogP contribution < -0.4 is 15.6 Å². The number of benzene rings is 1. The molecule has 0 unspecified atom stereocenters. The van der Waals surface area contributed by atoms with Crippen LogP contribution >= 0.6 is 0 Å². The van der Waals surface area contributed by atoms with E-state index in [4.69, 9.17) is 4.74 Å². The van der Waals surface area contributed by atoms with E-state index in [0.29, 0.717) is 17.0 Å². The Morgan fingerprint density at radius 2 is 1.77 bits per heavy atom. The largest absolute Gasteiger partial charge is 0.491 e. The monoisotopic (exact) mass is 352 g/mol. The molecule has 3 rings (SSSR count). The van der Waals surface area contributed by atoms with Crippen LogP contribution in [-0.2, 0) is 0 Å². The summed E-state index contributed by atoms with van der Waals surface area (Å²) < 4.78 is 7.28. The highest BCUT2D eigenvalue weighted by molar-refractivity contribution is 5.98. The van der Waals surface area contributed by atoms with Crippen molar-refractivity contribution in [3.63, 3.8) is 0 Å². The topological polar surface area (TPSA) is 84.7 Å². The number of nitrogens with one attached hydrogen (secondary N) is 2. The number of aryl methyl sites for hydroxylation is 1. The van der Waals surface area contributed by atoms with Crippen LogP contribution in [0.2, 0.25) is 0 Å². The number of pyridine rings is 1. The highest BCUT2D eigenvalue weighted by Crippen LogP contribution is 2.13. The molecule has 2 amide bonds. The third kappa shape index (κ3) is 4.00. The first-order valence-corrected chi connectivity index (χ1v) is 8.25. The van der Waals surface area contributed by atoms with Crippen molar-refractivity contribution in [3.8, 4) is 5.75 Å². The van der Waals surface area contributed by atoms with Gasteiger partial charge in [-0.3, -0.25) is 20.4 Å².